The molecule has 0 saturated carbocycles. The average molecular weight is 268 g/mol. The van der Waals surface area contributed by atoms with Gasteiger partial charge in [-0.05, 0) is 51.1 Å². The van der Waals surface area contributed by atoms with E-state index in [1.807, 2.05) is 45.0 Å². The number of benzene rings is 1. The largest absolute Gasteiger partial charge is 0.488 e. The second kappa shape index (κ2) is 4.34. The van der Waals surface area contributed by atoms with E-state index in [-0.39, 0.29) is 11.2 Å². The van der Waals surface area contributed by atoms with Gasteiger partial charge in [0.1, 0.15) is 17.0 Å². The van der Waals surface area contributed by atoms with Crippen molar-refractivity contribution in [2.24, 2.45) is 0 Å². The number of fused-ring (bicyclic) bond motifs is 3. The lowest BCUT2D eigenvalue weighted by molar-refractivity contribution is 0.131. The first-order chi connectivity index (χ1) is 9.44. The highest BCUT2D eigenvalue weighted by Crippen LogP contribution is 2.26. The lowest BCUT2D eigenvalue weighted by Crippen LogP contribution is -2.23. The summed E-state index contributed by atoms with van der Waals surface area (Å²) in [5, 5.41) is 2.42. The maximum atomic E-state index is 12.1. The highest BCUT2D eigenvalue weighted by Gasteiger charge is 2.13. The number of nitrogens with zero attached hydrogens (tertiary/aromatic N) is 1. The van der Waals surface area contributed by atoms with Gasteiger partial charge in [-0.3, -0.25) is 4.79 Å². The maximum Gasteiger partial charge on any atom is 0.257 e. The molecule has 3 aromatic rings. The van der Waals surface area contributed by atoms with E-state index in [1.54, 1.807) is 12.3 Å². The zero-order valence-electron chi connectivity index (χ0n) is 11.7. The molecule has 0 radical (unpaired) electrons. The maximum absolute atomic E-state index is 12.1. The SMILES string of the molecule is CC(C)(C)Oc1ccc2c(=O)[nH]c3ncccc3c2c1. The number of nitrogens with one attached hydrogen (secondary N) is 1. The zero-order chi connectivity index (χ0) is 14.3. The van der Waals surface area contributed by atoms with Crippen LogP contribution in [0.1, 0.15) is 20.8 Å². The third-order valence-corrected chi connectivity index (χ3v) is 2.99. The van der Waals surface area contributed by atoms with Crippen LogP contribution >= 0.6 is 0 Å². The molecule has 102 valence electrons. The quantitative estimate of drug-likeness (QED) is 0.689. The van der Waals surface area contributed by atoms with E-state index in [0.29, 0.717) is 11.0 Å². The summed E-state index contributed by atoms with van der Waals surface area (Å²) in [6.07, 6.45) is 1.67. The van der Waals surface area contributed by atoms with Gasteiger partial charge >= 0.3 is 0 Å². The van der Waals surface area contributed by atoms with E-state index in [0.717, 1.165) is 16.5 Å². The fraction of sp³-hybridized carbons (Fsp3) is 0.250. The number of aromatic nitrogens is 2. The molecule has 0 saturated heterocycles. The van der Waals surface area contributed by atoms with Crippen LogP contribution in [0, 0.1) is 0 Å². The van der Waals surface area contributed by atoms with Crippen LogP contribution in [0.2, 0.25) is 0 Å². The number of pyridine rings is 2. The van der Waals surface area contributed by atoms with Crippen LogP contribution in [0.15, 0.2) is 41.3 Å². The number of hydrogen-bond acceptors (Lipinski definition) is 3. The Kier molecular flexibility index (Phi) is 2.74. The summed E-state index contributed by atoms with van der Waals surface area (Å²) in [6.45, 7) is 5.98. The smallest absolute Gasteiger partial charge is 0.257 e. The van der Waals surface area contributed by atoms with Gasteiger partial charge in [0.15, 0.2) is 0 Å². The first kappa shape index (κ1) is 12.7. The van der Waals surface area contributed by atoms with Gasteiger partial charge in [-0.2, -0.15) is 0 Å². The summed E-state index contributed by atoms with van der Waals surface area (Å²) in [6, 6.07) is 9.32. The zero-order valence-corrected chi connectivity index (χ0v) is 11.7. The van der Waals surface area contributed by atoms with Gasteiger partial charge in [0.25, 0.3) is 5.56 Å². The van der Waals surface area contributed by atoms with Crippen molar-refractivity contribution in [1.82, 2.24) is 9.97 Å². The lowest BCUT2D eigenvalue weighted by atomic mass is 10.1. The second-order valence-corrected chi connectivity index (χ2v) is 5.78. The van der Waals surface area contributed by atoms with Gasteiger partial charge in [-0.25, -0.2) is 4.98 Å². The Hall–Kier alpha value is -2.36. The van der Waals surface area contributed by atoms with Crippen molar-refractivity contribution in [3.63, 3.8) is 0 Å². The monoisotopic (exact) mass is 268 g/mol. The molecule has 0 atom stereocenters. The summed E-state index contributed by atoms with van der Waals surface area (Å²) in [5.74, 6) is 0.751. The van der Waals surface area contributed by atoms with Gasteiger partial charge in [0, 0.05) is 22.4 Å². The minimum Gasteiger partial charge on any atom is -0.488 e. The first-order valence-corrected chi connectivity index (χ1v) is 6.54. The molecule has 1 aromatic carbocycles. The molecule has 2 aromatic heterocycles. The predicted octanol–water partition coefficient (Wildman–Crippen LogP) is 3.25. The number of hydrogen-bond donors (Lipinski definition) is 1. The van der Waals surface area contributed by atoms with Gasteiger partial charge in [0.05, 0.1) is 0 Å². The van der Waals surface area contributed by atoms with Crippen molar-refractivity contribution in [2.45, 2.75) is 26.4 Å². The van der Waals surface area contributed by atoms with E-state index >= 15 is 0 Å². The third-order valence-electron chi connectivity index (χ3n) is 2.99. The van der Waals surface area contributed by atoms with Crippen molar-refractivity contribution in [3.05, 3.63) is 46.9 Å². The van der Waals surface area contributed by atoms with E-state index in [1.165, 1.54) is 0 Å². The Labute approximate surface area is 116 Å². The second-order valence-electron chi connectivity index (χ2n) is 5.78. The molecule has 0 fully saturated rings. The topological polar surface area (TPSA) is 55.0 Å². The molecule has 3 rings (SSSR count). The number of ether oxygens (including phenoxy) is 1. The minimum atomic E-state index is -0.275. The Morgan fingerprint density at radius 2 is 1.90 bits per heavy atom. The molecule has 20 heavy (non-hydrogen) atoms. The number of rotatable bonds is 1. The van der Waals surface area contributed by atoms with Crippen LogP contribution in [0.25, 0.3) is 21.8 Å². The van der Waals surface area contributed by atoms with E-state index < -0.39 is 0 Å². The lowest BCUT2D eigenvalue weighted by Gasteiger charge is -2.21. The molecule has 4 heteroatoms. The Bertz CT molecular complexity index is 844. The number of H-pyrrole nitrogens is 1. The van der Waals surface area contributed by atoms with Crippen molar-refractivity contribution in [3.8, 4) is 5.75 Å². The molecule has 0 aliphatic rings. The van der Waals surface area contributed by atoms with Crippen LogP contribution in [0.4, 0.5) is 0 Å². The van der Waals surface area contributed by atoms with Gasteiger partial charge < -0.3 is 9.72 Å². The predicted molar refractivity (Wildman–Crippen MR) is 80.3 cm³/mol. The summed E-state index contributed by atoms with van der Waals surface area (Å²) < 4.78 is 5.87. The Morgan fingerprint density at radius 3 is 2.65 bits per heavy atom. The summed E-state index contributed by atoms with van der Waals surface area (Å²) >= 11 is 0. The van der Waals surface area contributed by atoms with Crippen molar-refractivity contribution in [1.29, 1.82) is 0 Å². The molecule has 0 amide bonds. The van der Waals surface area contributed by atoms with Crippen LogP contribution in [-0.2, 0) is 0 Å². The molecule has 0 aliphatic carbocycles. The van der Waals surface area contributed by atoms with Crippen LogP contribution in [0.5, 0.6) is 5.75 Å². The Morgan fingerprint density at radius 1 is 1.10 bits per heavy atom. The third kappa shape index (κ3) is 2.25. The molecule has 1 N–H and O–H groups in total. The summed E-state index contributed by atoms with van der Waals surface area (Å²) in [4.78, 5) is 19.0. The normalized spacial score (nSPS) is 11.9. The molecule has 0 spiro atoms. The Balaban J connectivity index is 2.31. The van der Waals surface area contributed by atoms with Crippen molar-refractivity contribution < 1.29 is 4.74 Å². The molecule has 0 aliphatic heterocycles. The fourth-order valence-corrected chi connectivity index (χ4v) is 2.26. The van der Waals surface area contributed by atoms with Crippen LogP contribution in [-0.4, -0.2) is 15.6 Å². The molecule has 0 unspecified atom stereocenters. The van der Waals surface area contributed by atoms with Crippen molar-refractivity contribution in [2.75, 3.05) is 0 Å². The standard InChI is InChI=1S/C16H16N2O2/c1-16(2,3)20-10-6-7-12-13(9-10)11-5-4-8-17-14(11)18-15(12)19/h4-9H,1-3H3,(H,17,18,19). The molecule has 4 nitrogen and oxygen atoms in total. The summed E-state index contributed by atoms with van der Waals surface area (Å²) in [5.41, 5.74) is 0.189. The average Bonchev–Trinajstić information content (AvgIpc) is 2.37. The van der Waals surface area contributed by atoms with Gasteiger partial charge in [-0.1, -0.05) is 0 Å². The molecular weight excluding hydrogens is 252 g/mol. The minimum absolute atomic E-state index is 0.131. The highest BCUT2D eigenvalue weighted by atomic mass is 16.5. The first-order valence-electron chi connectivity index (χ1n) is 6.54. The number of aromatic amines is 1. The molecule has 2 heterocycles. The van der Waals surface area contributed by atoms with Gasteiger partial charge in [-0.15, -0.1) is 0 Å². The highest BCUT2D eigenvalue weighted by molar-refractivity contribution is 6.04. The van der Waals surface area contributed by atoms with Crippen LogP contribution in [0.3, 0.4) is 0 Å². The fourth-order valence-electron chi connectivity index (χ4n) is 2.26. The van der Waals surface area contributed by atoms with Crippen LogP contribution < -0.4 is 10.3 Å². The molecular formula is C16H16N2O2. The van der Waals surface area contributed by atoms with E-state index in [9.17, 15) is 4.79 Å². The van der Waals surface area contributed by atoms with Gasteiger partial charge in [0.2, 0.25) is 0 Å². The van der Waals surface area contributed by atoms with Crippen molar-refractivity contribution >= 4 is 21.8 Å². The molecule has 0 bridgehead atoms. The van der Waals surface area contributed by atoms with E-state index in [4.69, 9.17) is 4.74 Å². The van der Waals surface area contributed by atoms with E-state index in [2.05, 4.69) is 9.97 Å². The summed E-state index contributed by atoms with van der Waals surface area (Å²) in [7, 11) is 0.